The summed E-state index contributed by atoms with van der Waals surface area (Å²) in [5.74, 6) is 1.93. The molecule has 0 aliphatic carbocycles. The quantitative estimate of drug-likeness (QED) is 0.197. The molecule has 0 saturated carbocycles. The van der Waals surface area contributed by atoms with E-state index >= 15 is 0 Å². The molecule has 4 heteroatoms. The van der Waals surface area contributed by atoms with Crippen LogP contribution < -0.4 is 0 Å². The second-order valence-corrected chi connectivity index (χ2v) is 11.7. The molecule has 0 spiro atoms. The van der Waals surface area contributed by atoms with Gasteiger partial charge in [0.1, 0.15) is 11.2 Å². The van der Waals surface area contributed by atoms with E-state index in [1.165, 1.54) is 10.8 Å². The van der Waals surface area contributed by atoms with Gasteiger partial charge in [-0.25, -0.2) is 15.0 Å². The first-order valence-electron chi connectivity index (χ1n) is 15.7. The molecule has 0 bridgehead atoms. The Hall–Kier alpha value is -6.39. The van der Waals surface area contributed by atoms with Gasteiger partial charge in [-0.05, 0) is 51.7 Å². The van der Waals surface area contributed by atoms with E-state index in [2.05, 4.69) is 103 Å². The van der Waals surface area contributed by atoms with Gasteiger partial charge in [0, 0.05) is 33.0 Å². The Kier molecular flexibility index (Phi) is 6.43. The lowest BCUT2D eigenvalue weighted by atomic mass is 9.96. The minimum atomic E-state index is 0.634. The Morgan fingerprint density at radius 1 is 0.340 bits per heavy atom. The number of nitrogens with zero attached hydrogens (tertiary/aromatic N) is 3. The summed E-state index contributed by atoms with van der Waals surface area (Å²) in [6.07, 6.45) is 0. The number of rotatable bonds is 5. The smallest absolute Gasteiger partial charge is 0.164 e. The molecule has 0 fully saturated rings. The SMILES string of the molecule is c1ccc(-c2nc(-c3ccccc3)nc(-c3cccc(-c4cccc(-c5cccc6c5oc5cc7ccccc7cc56)c4)c3)n2)cc1. The lowest BCUT2D eigenvalue weighted by molar-refractivity contribution is 0.670. The van der Waals surface area contributed by atoms with Crippen molar-refractivity contribution in [2.45, 2.75) is 0 Å². The lowest BCUT2D eigenvalue weighted by Gasteiger charge is -2.10. The summed E-state index contributed by atoms with van der Waals surface area (Å²) in [4.78, 5) is 14.7. The van der Waals surface area contributed by atoms with Crippen molar-refractivity contribution in [2.75, 3.05) is 0 Å². The highest BCUT2D eigenvalue weighted by molar-refractivity contribution is 6.13. The van der Waals surface area contributed by atoms with Crippen LogP contribution in [0.15, 0.2) is 168 Å². The van der Waals surface area contributed by atoms with Gasteiger partial charge in [-0.15, -0.1) is 0 Å². The van der Waals surface area contributed by atoms with E-state index in [4.69, 9.17) is 19.4 Å². The Bertz CT molecular complexity index is 2510. The van der Waals surface area contributed by atoms with Gasteiger partial charge in [0.2, 0.25) is 0 Å². The topological polar surface area (TPSA) is 51.8 Å². The third kappa shape index (κ3) is 4.93. The Balaban J connectivity index is 1.14. The first-order valence-corrected chi connectivity index (χ1v) is 15.7. The van der Waals surface area contributed by atoms with Crippen molar-refractivity contribution in [3.8, 4) is 56.4 Å². The van der Waals surface area contributed by atoms with Crippen molar-refractivity contribution in [1.29, 1.82) is 0 Å². The van der Waals surface area contributed by atoms with E-state index < -0.39 is 0 Å². The van der Waals surface area contributed by atoms with E-state index in [0.717, 1.165) is 60.9 Å². The summed E-state index contributed by atoms with van der Waals surface area (Å²) in [6.45, 7) is 0. The van der Waals surface area contributed by atoms with Crippen LogP contribution in [0.25, 0.3) is 89.1 Å². The summed E-state index contributed by atoms with van der Waals surface area (Å²) < 4.78 is 6.54. The zero-order chi connectivity index (χ0) is 31.2. The maximum absolute atomic E-state index is 6.54. The largest absolute Gasteiger partial charge is 0.455 e. The second kappa shape index (κ2) is 11.2. The van der Waals surface area contributed by atoms with Crippen molar-refractivity contribution in [1.82, 2.24) is 15.0 Å². The number of fused-ring (bicyclic) bond motifs is 4. The van der Waals surface area contributed by atoms with Gasteiger partial charge < -0.3 is 4.42 Å². The fraction of sp³-hybridized carbons (Fsp3) is 0. The average Bonchev–Trinajstić information content (AvgIpc) is 3.52. The summed E-state index contributed by atoms with van der Waals surface area (Å²) in [5, 5.41) is 4.63. The zero-order valence-corrected chi connectivity index (χ0v) is 25.3. The third-order valence-corrected chi connectivity index (χ3v) is 8.69. The number of aromatic nitrogens is 3. The van der Waals surface area contributed by atoms with Gasteiger partial charge in [0.05, 0.1) is 0 Å². The lowest BCUT2D eigenvalue weighted by Crippen LogP contribution is -2.00. The number of furan rings is 1. The third-order valence-electron chi connectivity index (χ3n) is 8.69. The molecule has 9 aromatic rings. The number of benzene rings is 7. The number of para-hydroxylation sites is 1. The molecule has 2 aromatic heterocycles. The fourth-order valence-corrected chi connectivity index (χ4v) is 6.35. The van der Waals surface area contributed by atoms with E-state index in [0.29, 0.717) is 17.5 Å². The van der Waals surface area contributed by atoms with Crippen molar-refractivity contribution >= 4 is 32.7 Å². The van der Waals surface area contributed by atoms with Crippen molar-refractivity contribution < 1.29 is 4.42 Å². The highest BCUT2D eigenvalue weighted by Gasteiger charge is 2.15. The molecule has 47 heavy (non-hydrogen) atoms. The molecular weight excluding hydrogens is 574 g/mol. The molecular formula is C43H27N3O. The van der Waals surface area contributed by atoms with Gasteiger partial charge in [-0.3, -0.25) is 0 Å². The second-order valence-electron chi connectivity index (χ2n) is 11.7. The average molecular weight is 602 g/mol. The molecule has 9 rings (SSSR count). The molecule has 7 aromatic carbocycles. The van der Waals surface area contributed by atoms with E-state index in [1.807, 2.05) is 60.7 Å². The fourth-order valence-electron chi connectivity index (χ4n) is 6.35. The minimum Gasteiger partial charge on any atom is -0.455 e. The standard InChI is InChI=1S/C43H27N3O/c1-3-12-28(13-4-1)41-44-42(29-14-5-2-6-15-29)46-43(45-41)35-21-10-19-31(25-35)30-18-9-20-34(24-30)36-22-11-23-37-38-26-32-16-7-8-17-33(32)27-39(38)47-40(36)37/h1-27H. The highest BCUT2D eigenvalue weighted by atomic mass is 16.3. The molecule has 0 amide bonds. The summed E-state index contributed by atoms with van der Waals surface area (Å²) in [6, 6.07) is 56.4. The van der Waals surface area contributed by atoms with Crippen molar-refractivity contribution in [2.24, 2.45) is 0 Å². The van der Waals surface area contributed by atoms with E-state index in [-0.39, 0.29) is 0 Å². The molecule has 4 nitrogen and oxygen atoms in total. The molecule has 0 aliphatic heterocycles. The van der Waals surface area contributed by atoms with E-state index in [9.17, 15) is 0 Å². The molecule has 0 unspecified atom stereocenters. The Morgan fingerprint density at radius 2 is 0.830 bits per heavy atom. The maximum Gasteiger partial charge on any atom is 0.164 e. The molecule has 0 radical (unpaired) electrons. The van der Waals surface area contributed by atoms with Crippen LogP contribution in [0, 0.1) is 0 Å². The van der Waals surface area contributed by atoms with Crippen LogP contribution in [0.3, 0.4) is 0 Å². The minimum absolute atomic E-state index is 0.634. The predicted molar refractivity (Wildman–Crippen MR) is 192 cm³/mol. The first kappa shape index (κ1) is 27.0. The van der Waals surface area contributed by atoms with Crippen LogP contribution in [0.2, 0.25) is 0 Å². The van der Waals surface area contributed by atoms with Gasteiger partial charge in [0.25, 0.3) is 0 Å². The summed E-state index contributed by atoms with van der Waals surface area (Å²) in [5.41, 5.74) is 8.97. The number of hydrogen-bond acceptors (Lipinski definition) is 4. The molecule has 220 valence electrons. The molecule has 0 atom stereocenters. The van der Waals surface area contributed by atoms with Crippen LogP contribution in [-0.4, -0.2) is 15.0 Å². The van der Waals surface area contributed by atoms with Crippen LogP contribution in [0.1, 0.15) is 0 Å². The summed E-state index contributed by atoms with van der Waals surface area (Å²) >= 11 is 0. The van der Waals surface area contributed by atoms with Crippen LogP contribution in [0.5, 0.6) is 0 Å². The molecule has 0 aliphatic rings. The van der Waals surface area contributed by atoms with Gasteiger partial charge in [-0.1, -0.05) is 140 Å². The van der Waals surface area contributed by atoms with Crippen LogP contribution in [-0.2, 0) is 0 Å². The van der Waals surface area contributed by atoms with Gasteiger partial charge in [0.15, 0.2) is 17.5 Å². The van der Waals surface area contributed by atoms with Crippen LogP contribution >= 0.6 is 0 Å². The van der Waals surface area contributed by atoms with Gasteiger partial charge in [-0.2, -0.15) is 0 Å². The van der Waals surface area contributed by atoms with Crippen molar-refractivity contribution in [3.63, 3.8) is 0 Å². The predicted octanol–water partition coefficient (Wildman–Crippen LogP) is 11.3. The normalized spacial score (nSPS) is 11.4. The van der Waals surface area contributed by atoms with Gasteiger partial charge >= 0.3 is 0 Å². The zero-order valence-electron chi connectivity index (χ0n) is 25.3. The Labute approximate surface area is 271 Å². The molecule has 0 N–H and O–H groups in total. The Morgan fingerprint density at radius 3 is 1.49 bits per heavy atom. The molecule has 2 heterocycles. The summed E-state index contributed by atoms with van der Waals surface area (Å²) in [7, 11) is 0. The maximum atomic E-state index is 6.54. The van der Waals surface area contributed by atoms with Crippen molar-refractivity contribution in [3.05, 3.63) is 164 Å². The molecule has 0 saturated heterocycles. The van der Waals surface area contributed by atoms with E-state index in [1.54, 1.807) is 0 Å². The highest BCUT2D eigenvalue weighted by Crippen LogP contribution is 2.38. The monoisotopic (exact) mass is 601 g/mol. The number of hydrogen-bond donors (Lipinski definition) is 0. The van der Waals surface area contributed by atoms with Crippen LogP contribution in [0.4, 0.5) is 0 Å². The first-order chi connectivity index (χ1) is 23.3.